The Balaban J connectivity index is 4.15. The second-order valence-corrected chi connectivity index (χ2v) is 6.39. The zero-order chi connectivity index (χ0) is 9.07. The molecule has 68 valence electrons. The SMILES string of the molecule is CC(CBr)CS(=O)(=O)C(C)C. The number of rotatable bonds is 4. The first-order chi connectivity index (χ1) is 4.90. The van der Waals surface area contributed by atoms with E-state index in [2.05, 4.69) is 15.9 Å². The third kappa shape index (κ3) is 4.11. The summed E-state index contributed by atoms with van der Waals surface area (Å²) in [4.78, 5) is 0. The van der Waals surface area contributed by atoms with Gasteiger partial charge < -0.3 is 0 Å². The first-order valence-electron chi connectivity index (χ1n) is 3.67. The minimum absolute atomic E-state index is 0.211. The third-order valence-corrected chi connectivity index (χ3v) is 5.07. The van der Waals surface area contributed by atoms with Crippen LogP contribution in [0.15, 0.2) is 0 Å². The van der Waals surface area contributed by atoms with Crippen molar-refractivity contribution in [3.63, 3.8) is 0 Å². The molecule has 1 unspecified atom stereocenters. The number of halogens is 1. The lowest BCUT2D eigenvalue weighted by molar-refractivity contribution is 0.575. The van der Waals surface area contributed by atoms with Gasteiger partial charge in [0.25, 0.3) is 0 Å². The standard InChI is InChI=1S/C7H15BrO2S/c1-6(2)11(9,10)5-7(3)4-8/h6-7H,4-5H2,1-3H3. The maximum Gasteiger partial charge on any atom is 0.152 e. The monoisotopic (exact) mass is 242 g/mol. The topological polar surface area (TPSA) is 34.1 Å². The van der Waals surface area contributed by atoms with Crippen molar-refractivity contribution in [2.45, 2.75) is 26.0 Å². The van der Waals surface area contributed by atoms with E-state index in [9.17, 15) is 8.42 Å². The summed E-state index contributed by atoms with van der Waals surface area (Å²) >= 11 is 3.25. The van der Waals surface area contributed by atoms with Crippen molar-refractivity contribution in [3.8, 4) is 0 Å². The highest BCUT2D eigenvalue weighted by atomic mass is 79.9. The van der Waals surface area contributed by atoms with E-state index < -0.39 is 9.84 Å². The van der Waals surface area contributed by atoms with Crippen LogP contribution in [0, 0.1) is 5.92 Å². The average molecular weight is 243 g/mol. The minimum Gasteiger partial charge on any atom is -0.229 e. The van der Waals surface area contributed by atoms with Gasteiger partial charge in [0, 0.05) is 5.33 Å². The van der Waals surface area contributed by atoms with Crippen LogP contribution in [-0.2, 0) is 9.84 Å². The van der Waals surface area contributed by atoms with Crippen LogP contribution in [0.5, 0.6) is 0 Å². The van der Waals surface area contributed by atoms with Crippen molar-refractivity contribution in [1.82, 2.24) is 0 Å². The number of hydrogen-bond acceptors (Lipinski definition) is 2. The molecule has 0 rings (SSSR count). The molecule has 0 aliphatic carbocycles. The summed E-state index contributed by atoms with van der Waals surface area (Å²) in [6.07, 6.45) is 0. The summed E-state index contributed by atoms with van der Waals surface area (Å²) < 4.78 is 22.6. The molecule has 0 amide bonds. The number of hydrogen-bond donors (Lipinski definition) is 0. The van der Waals surface area contributed by atoms with Gasteiger partial charge >= 0.3 is 0 Å². The lowest BCUT2D eigenvalue weighted by atomic mass is 10.3. The van der Waals surface area contributed by atoms with E-state index in [0.29, 0.717) is 0 Å². The largest absolute Gasteiger partial charge is 0.229 e. The van der Waals surface area contributed by atoms with Crippen LogP contribution in [0.2, 0.25) is 0 Å². The molecule has 0 fully saturated rings. The molecule has 0 saturated heterocycles. The highest BCUT2D eigenvalue weighted by molar-refractivity contribution is 9.09. The Labute approximate surface area is 77.4 Å². The van der Waals surface area contributed by atoms with Gasteiger partial charge in [-0.15, -0.1) is 0 Å². The first kappa shape index (κ1) is 11.4. The molecule has 0 spiro atoms. The van der Waals surface area contributed by atoms with Gasteiger partial charge in [-0.3, -0.25) is 0 Å². The maximum absolute atomic E-state index is 11.3. The van der Waals surface area contributed by atoms with Crippen LogP contribution in [0.1, 0.15) is 20.8 Å². The fraction of sp³-hybridized carbons (Fsp3) is 1.00. The van der Waals surface area contributed by atoms with Gasteiger partial charge in [0.1, 0.15) is 0 Å². The Bertz CT molecular complexity index is 196. The molecule has 0 aromatic rings. The van der Waals surface area contributed by atoms with Gasteiger partial charge in [-0.05, 0) is 19.8 Å². The Morgan fingerprint density at radius 2 is 1.73 bits per heavy atom. The van der Waals surface area contributed by atoms with Crippen LogP contribution >= 0.6 is 15.9 Å². The molecule has 0 aliphatic rings. The Morgan fingerprint density at radius 3 is 2.00 bits per heavy atom. The van der Waals surface area contributed by atoms with E-state index in [1.54, 1.807) is 13.8 Å². The van der Waals surface area contributed by atoms with E-state index in [1.165, 1.54) is 0 Å². The van der Waals surface area contributed by atoms with Crippen molar-refractivity contribution < 1.29 is 8.42 Å². The smallest absolute Gasteiger partial charge is 0.152 e. The number of sulfone groups is 1. The van der Waals surface area contributed by atoms with Crippen LogP contribution in [0.4, 0.5) is 0 Å². The molecule has 0 aliphatic heterocycles. The maximum atomic E-state index is 11.3. The predicted molar refractivity (Wildman–Crippen MR) is 51.9 cm³/mol. The van der Waals surface area contributed by atoms with Crippen LogP contribution in [0.25, 0.3) is 0 Å². The summed E-state index contributed by atoms with van der Waals surface area (Å²) in [6.45, 7) is 5.36. The molecular formula is C7H15BrO2S. The van der Waals surface area contributed by atoms with Crippen LogP contribution < -0.4 is 0 Å². The molecule has 0 aromatic carbocycles. The summed E-state index contributed by atoms with van der Waals surface area (Å²) in [5.41, 5.74) is 0. The Hall–Kier alpha value is 0.430. The fourth-order valence-corrected chi connectivity index (χ4v) is 2.46. The van der Waals surface area contributed by atoms with Crippen molar-refractivity contribution in [2.24, 2.45) is 5.92 Å². The molecule has 0 N–H and O–H groups in total. The molecule has 0 heterocycles. The fourth-order valence-electron chi connectivity index (χ4n) is 0.634. The van der Waals surface area contributed by atoms with Gasteiger partial charge in [0.2, 0.25) is 0 Å². The van der Waals surface area contributed by atoms with Crippen molar-refractivity contribution in [2.75, 3.05) is 11.1 Å². The molecule has 1 atom stereocenters. The molecule has 0 bridgehead atoms. The van der Waals surface area contributed by atoms with Crippen molar-refractivity contribution in [3.05, 3.63) is 0 Å². The molecule has 2 nitrogen and oxygen atoms in total. The van der Waals surface area contributed by atoms with Crippen LogP contribution in [0.3, 0.4) is 0 Å². The molecule has 4 heteroatoms. The summed E-state index contributed by atoms with van der Waals surface area (Å²) in [5.74, 6) is 0.498. The third-order valence-electron chi connectivity index (χ3n) is 1.50. The van der Waals surface area contributed by atoms with Gasteiger partial charge in [-0.25, -0.2) is 8.42 Å². The molecule has 0 radical (unpaired) electrons. The van der Waals surface area contributed by atoms with Crippen molar-refractivity contribution >= 4 is 25.8 Å². The zero-order valence-corrected chi connectivity index (χ0v) is 9.57. The van der Waals surface area contributed by atoms with E-state index >= 15 is 0 Å². The highest BCUT2D eigenvalue weighted by Crippen LogP contribution is 2.09. The lowest BCUT2D eigenvalue weighted by Gasteiger charge is -2.10. The van der Waals surface area contributed by atoms with E-state index in [0.717, 1.165) is 5.33 Å². The highest BCUT2D eigenvalue weighted by Gasteiger charge is 2.18. The molecular weight excluding hydrogens is 228 g/mol. The van der Waals surface area contributed by atoms with Crippen LogP contribution in [-0.4, -0.2) is 24.8 Å². The summed E-state index contributed by atoms with van der Waals surface area (Å²) in [5, 5.41) is 0.503. The number of alkyl halides is 1. The summed E-state index contributed by atoms with van der Waals surface area (Å²) in [7, 11) is -2.84. The van der Waals surface area contributed by atoms with E-state index in [-0.39, 0.29) is 16.9 Å². The van der Waals surface area contributed by atoms with Gasteiger partial charge in [0.05, 0.1) is 11.0 Å². The van der Waals surface area contributed by atoms with Gasteiger partial charge in [-0.1, -0.05) is 22.9 Å². The van der Waals surface area contributed by atoms with Crippen molar-refractivity contribution in [1.29, 1.82) is 0 Å². The summed E-state index contributed by atoms with van der Waals surface area (Å²) in [6, 6.07) is 0. The minimum atomic E-state index is -2.84. The Kier molecular flexibility index (Phi) is 4.63. The Morgan fingerprint density at radius 1 is 1.27 bits per heavy atom. The van der Waals surface area contributed by atoms with Gasteiger partial charge in [-0.2, -0.15) is 0 Å². The zero-order valence-electron chi connectivity index (χ0n) is 7.17. The normalized spacial score (nSPS) is 15.4. The predicted octanol–water partition coefficient (Wildman–Crippen LogP) is 1.84. The van der Waals surface area contributed by atoms with E-state index in [1.807, 2.05) is 6.92 Å². The molecule has 0 saturated carbocycles. The second-order valence-electron chi connectivity index (χ2n) is 3.14. The second kappa shape index (κ2) is 4.45. The average Bonchev–Trinajstić information content (AvgIpc) is 1.86. The first-order valence-corrected chi connectivity index (χ1v) is 6.51. The lowest BCUT2D eigenvalue weighted by Crippen LogP contribution is -2.22. The van der Waals surface area contributed by atoms with Gasteiger partial charge in [0.15, 0.2) is 9.84 Å². The van der Waals surface area contributed by atoms with E-state index in [4.69, 9.17) is 0 Å². The molecule has 0 aromatic heterocycles. The molecule has 11 heavy (non-hydrogen) atoms. The quantitative estimate of drug-likeness (QED) is 0.706.